The molecular formula is C23H29N7O3. The highest BCUT2D eigenvalue weighted by Gasteiger charge is 2.25. The molecule has 10 nitrogen and oxygen atoms in total. The number of fused-ring (bicyclic) bond motifs is 1. The van der Waals surface area contributed by atoms with E-state index in [2.05, 4.69) is 20.0 Å². The number of ether oxygens (including phenoxy) is 1. The summed E-state index contributed by atoms with van der Waals surface area (Å²) in [7, 11) is 3.24. The van der Waals surface area contributed by atoms with Crippen LogP contribution in [0.4, 0.5) is 5.82 Å². The number of rotatable bonds is 8. The molecule has 1 aliphatic heterocycles. The molecule has 1 saturated heterocycles. The van der Waals surface area contributed by atoms with E-state index in [0.29, 0.717) is 39.3 Å². The maximum atomic E-state index is 13.1. The number of aryl methyl sites for hydroxylation is 1. The predicted octanol–water partition coefficient (Wildman–Crippen LogP) is 1.08. The molecule has 0 N–H and O–H groups in total. The molecule has 0 unspecified atom stereocenters. The minimum atomic E-state index is -0.277. The van der Waals surface area contributed by atoms with E-state index in [1.165, 1.54) is 7.11 Å². The Morgan fingerprint density at radius 1 is 1.09 bits per heavy atom. The number of carbonyl (C=O) groups is 2. The van der Waals surface area contributed by atoms with E-state index < -0.39 is 0 Å². The fourth-order valence-electron chi connectivity index (χ4n) is 4.07. The average molecular weight is 452 g/mol. The summed E-state index contributed by atoms with van der Waals surface area (Å²) in [5, 5.41) is 5.20. The largest absolute Gasteiger partial charge is 0.469 e. The number of amides is 1. The van der Waals surface area contributed by atoms with Crippen LogP contribution in [0.5, 0.6) is 0 Å². The zero-order chi connectivity index (χ0) is 23.2. The fourth-order valence-corrected chi connectivity index (χ4v) is 4.07. The molecule has 1 aromatic carbocycles. The summed E-state index contributed by atoms with van der Waals surface area (Å²) in [5.74, 6) is 0.634. The van der Waals surface area contributed by atoms with Crippen LogP contribution in [0, 0.1) is 0 Å². The number of piperazine rings is 1. The lowest BCUT2D eigenvalue weighted by Gasteiger charge is -2.36. The topological polar surface area (TPSA) is 96.7 Å². The lowest BCUT2D eigenvalue weighted by Crippen LogP contribution is -2.51. The quantitative estimate of drug-likeness (QED) is 0.470. The number of benzene rings is 1. The minimum Gasteiger partial charge on any atom is -0.469 e. The summed E-state index contributed by atoms with van der Waals surface area (Å²) in [4.78, 5) is 39.6. The SMILES string of the molecule is COC(=O)CCN(CC(=O)N1CCN(c2ncnc3c2cnn3C)CC1)Cc1ccccc1. The first-order valence-corrected chi connectivity index (χ1v) is 11.0. The first-order chi connectivity index (χ1) is 16.0. The highest BCUT2D eigenvalue weighted by atomic mass is 16.5. The molecule has 33 heavy (non-hydrogen) atoms. The van der Waals surface area contributed by atoms with Crippen LogP contribution < -0.4 is 4.90 Å². The van der Waals surface area contributed by atoms with Crippen LogP contribution in [0.25, 0.3) is 11.0 Å². The predicted molar refractivity (Wildman–Crippen MR) is 123 cm³/mol. The number of aromatic nitrogens is 4. The van der Waals surface area contributed by atoms with E-state index in [-0.39, 0.29) is 24.8 Å². The van der Waals surface area contributed by atoms with Crippen LogP contribution in [-0.2, 0) is 27.9 Å². The first kappa shape index (κ1) is 22.7. The molecule has 0 aliphatic carbocycles. The van der Waals surface area contributed by atoms with Crippen molar-refractivity contribution in [3.8, 4) is 0 Å². The second-order valence-electron chi connectivity index (χ2n) is 8.09. The van der Waals surface area contributed by atoms with Crippen molar-refractivity contribution in [1.82, 2.24) is 29.5 Å². The number of hydrogen-bond acceptors (Lipinski definition) is 8. The Labute approximate surface area is 192 Å². The van der Waals surface area contributed by atoms with Gasteiger partial charge in [0, 0.05) is 46.3 Å². The van der Waals surface area contributed by atoms with Crippen LogP contribution in [0.2, 0.25) is 0 Å². The van der Waals surface area contributed by atoms with E-state index >= 15 is 0 Å². The summed E-state index contributed by atoms with van der Waals surface area (Å²) in [6.07, 6.45) is 3.59. The summed E-state index contributed by atoms with van der Waals surface area (Å²) in [5.41, 5.74) is 1.89. The van der Waals surface area contributed by atoms with Crippen molar-refractivity contribution < 1.29 is 14.3 Å². The molecule has 1 aliphatic rings. The van der Waals surface area contributed by atoms with Gasteiger partial charge in [-0.05, 0) is 5.56 Å². The van der Waals surface area contributed by atoms with Gasteiger partial charge in [0.25, 0.3) is 0 Å². The standard InChI is InChI=1S/C23H29N7O3/c1-27-22-19(14-26-27)23(25-17-24-22)30-12-10-29(11-13-30)20(31)16-28(9-8-21(32)33-2)15-18-6-4-3-5-7-18/h3-7,14,17H,8-13,15-16H2,1-2H3. The molecule has 1 fully saturated rings. The van der Waals surface area contributed by atoms with Crippen molar-refractivity contribution in [1.29, 1.82) is 0 Å². The number of esters is 1. The van der Waals surface area contributed by atoms with Gasteiger partial charge in [0.2, 0.25) is 5.91 Å². The Morgan fingerprint density at radius 2 is 1.85 bits per heavy atom. The minimum absolute atomic E-state index is 0.0599. The normalized spacial score (nSPS) is 14.2. The maximum absolute atomic E-state index is 13.1. The molecule has 1 amide bonds. The number of hydrogen-bond donors (Lipinski definition) is 0. The van der Waals surface area contributed by atoms with Gasteiger partial charge in [0.15, 0.2) is 5.65 Å². The molecule has 3 aromatic rings. The van der Waals surface area contributed by atoms with Gasteiger partial charge in [-0.15, -0.1) is 0 Å². The Morgan fingerprint density at radius 3 is 2.58 bits per heavy atom. The summed E-state index contributed by atoms with van der Waals surface area (Å²) >= 11 is 0. The molecule has 0 saturated carbocycles. The number of anilines is 1. The average Bonchev–Trinajstić information content (AvgIpc) is 3.24. The summed E-state index contributed by atoms with van der Waals surface area (Å²) < 4.78 is 6.51. The van der Waals surface area contributed by atoms with Gasteiger partial charge in [-0.2, -0.15) is 5.10 Å². The lowest BCUT2D eigenvalue weighted by molar-refractivity contribution is -0.142. The summed E-state index contributed by atoms with van der Waals surface area (Å²) in [6, 6.07) is 9.96. The Kier molecular flexibility index (Phi) is 7.13. The monoisotopic (exact) mass is 451 g/mol. The van der Waals surface area contributed by atoms with Crippen LogP contribution in [0.15, 0.2) is 42.9 Å². The fraction of sp³-hybridized carbons (Fsp3) is 0.435. The second-order valence-corrected chi connectivity index (χ2v) is 8.09. The van der Waals surface area contributed by atoms with Crippen molar-refractivity contribution in [2.45, 2.75) is 13.0 Å². The second kappa shape index (κ2) is 10.4. The van der Waals surface area contributed by atoms with Crippen molar-refractivity contribution >= 4 is 28.7 Å². The van der Waals surface area contributed by atoms with Crippen molar-refractivity contribution in [3.05, 3.63) is 48.4 Å². The molecular weight excluding hydrogens is 422 g/mol. The maximum Gasteiger partial charge on any atom is 0.306 e. The smallest absolute Gasteiger partial charge is 0.306 e. The Hall–Kier alpha value is -3.53. The first-order valence-electron chi connectivity index (χ1n) is 11.0. The number of nitrogens with zero attached hydrogens (tertiary/aromatic N) is 7. The van der Waals surface area contributed by atoms with Gasteiger partial charge in [-0.25, -0.2) is 9.97 Å². The Balaban J connectivity index is 1.37. The van der Waals surface area contributed by atoms with Crippen LogP contribution in [-0.4, -0.2) is 87.8 Å². The zero-order valence-corrected chi connectivity index (χ0v) is 19.1. The Bertz CT molecular complexity index is 1090. The molecule has 2 aromatic heterocycles. The van der Waals surface area contributed by atoms with Gasteiger partial charge >= 0.3 is 5.97 Å². The molecule has 4 rings (SSSR count). The van der Waals surface area contributed by atoms with E-state index in [9.17, 15) is 9.59 Å². The van der Waals surface area contributed by atoms with Gasteiger partial charge in [0.1, 0.15) is 12.1 Å². The van der Waals surface area contributed by atoms with Crippen LogP contribution in [0.1, 0.15) is 12.0 Å². The molecule has 0 spiro atoms. The zero-order valence-electron chi connectivity index (χ0n) is 19.1. The third-order valence-corrected chi connectivity index (χ3v) is 5.91. The van der Waals surface area contributed by atoms with Crippen LogP contribution in [0.3, 0.4) is 0 Å². The van der Waals surface area contributed by atoms with Gasteiger partial charge in [-0.1, -0.05) is 30.3 Å². The molecule has 174 valence electrons. The van der Waals surface area contributed by atoms with Crippen molar-refractivity contribution in [2.75, 3.05) is 51.3 Å². The molecule has 0 bridgehead atoms. The number of methoxy groups -OCH3 is 1. The van der Waals surface area contributed by atoms with E-state index in [1.807, 2.05) is 47.2 Å². The number of carbonyl (C=O) groups excluding carboxylic acids is 2. The lowest BCUT2D eigenvalue weighted by atomic mass is 10.2. The van der Waals surface area contributed by atoms with E-state index in [1.54, 1.807) is 17.2 Å². The van der Waals surface area contributed by atoms with E-state index in [0.717, 1.165) is 22.4 Å². The molecule has 3 heterocycles. The molecule has 0 radical (unpaired) electrons. The van der Waals surface area contributed by atoms with Crippen LogP contribution >= 0.6 is 0 Å². The molecule has 10 heteroatoms. The molecule has 0 atom stereocenters. The highest BCUT2D eigenvalue weighted by Crippen LogP contribution is 2.23. The highest BCUT2D eigenvalue weighted by molar-refractivity contribution is 5.87. The summed E-state index contributed by atoms with van der Waals surface area (Å²) in [6.45, 7) is 3.92. The van der Waals surface area contributed by atoms with E-state index in [4.69, 9.17) is 4.74 Å². The third kappa shape index (κ3) is 5.46. The van der Waals surface area contributed by atoms with Gasteiger partial charge in [0.05, 0.1) is 31.7 Å². The van der Waals surface area contributed by atoms with Crippen molar-refractivity contribution in [3.63, 3.8) is 0 Å². The third-order valence-electron chi connectivity index (χ3n) is 5.91. The van der Waals surface area contributed by atoms with Crippen molar-refractivity contribution in [2.24, 2.45) is 7.05 Å². The van der Waals surface area contributed by atoms with Gasteiger partial charge in [-0.3, -0.25) is 19.2 Å². The van der Waals surface area contributed by atoms with Gasteiger partial charge < -0.3 is 14.5 Å².